The Kier molecular flexibility index (Phi) is 28.6. The highest BCUT2D eigenvalue weighted by molar-refractivity contribution is 7.03. The molecule has 44 heteroatoms. The van der Waals surface area contributed by atoms with Gasteiger partial charge in [0, 0.05) is 190 Å². The molecule has 736 valence electrons. The molecule has 0 saturated carbocycles. The van der Waals surface area contributed by atoms with Gasteiger partial charge < -0.3 is 49.4 Å². The molecule has 22 rings (SSSR count). The Bertz CT molecular complexity index is 6400. The van der Waals surface area contributed by atoms with Gasteiger partial charge in [-0.05, 0) is 148 Å². The van der Waals surface area contributed by atoms with Crippen molar-refractivity contribution in [2.45, 2.75) is 152 Å². The molecule has 6 saturated heterocycles. The minimum atomic E-state index is -4.99. The molecular formula is C104H96N24O12Si8. The lowest BCUT2D eigenvalue weighted by atomic mass is 10.1. The van der Waals surface area contributed by atoms with E-state index in [1.165, 1.54) is 0 Å². The van der Waals surface area contributed by atoms with Gasteiger partial charge in [-0.15, -0.1) is 92.2 Å². The highest BCUT2D eigenvalue weighted by Gasteiger charge is 2.83. The van der Waals surface area contributed by atoms with Crippen LogP contribution < -0.4 is 0 Å². The van der Waals surface area contributed by atoms with E-state index >= 15 is 0 Å². The summed E-state index contributed by atoms with van der Waals surface area (Å²) in [7, 11) is -39.9. The molecule has 0 spiro atoms. The average Bonchev–Trinajstić information content (AvgIpc) is 0.832. The summed E-state index contributed by atoms with van der Waals surface area (Å²) in [5.41, 5.74) is 16.9. The lowest BCUT2D eigenvalue weighted by Crippen LogP contribution is -2.88. The summed E-state index contributed by atoms with van der Waals surface area (Å²) >= 11 is 0. The molecule has 8 aromatic carbocycles. The Morgan fingerprint density at radius 1 is 0.162 bits per heavy atom. The molecule has 36 nitrogen and oxygen atoms in total. The Balaban J connectivity index is 0.759. The van der Waals surface area contributed by atoms with Crippen LogP contribution in [0.15, 0.2) is 244 Å². The first-order valence-electron chi connectivity index (χ1n) is 48.5. The highest BCUT2D eigenvalue weighted by Crippen LogP contribution is 2.56. The maximum Gasteiger partial charge on any atom is 0.478 e. The lowest BCUT2D eigenvalue weighted by molar-refractivity contribution is -0.0316. The van der Waals surface area contributed by atoms with Crippen molar-refractivity contribution >= 4 is 70.4 Å². The number of rotatable bonds is 40. The Morgan fingerprint density at radius 3 is 0.358 bits per heavy atom. The third-order valence-electron chi connectivity index (χ3n) is 25.8. The number of nitrogens with zero attached hydrogens (tertiary/aromatic N) is 24. The van der Waals surface area contributed by atoms with Crippen LogP contribution in [0.3, 0.4) is 0 Å². The van der Waals surface area contributed by atoms with Crippen molar-refractivity contribution in [1.29, 1.82) is 0 Å². The van der Waals surface area contributed by atoms with E-state index in [0.29, 0.717) is 90.1 Å². The number of terminal acetylenes is 8. The molecule has 148 heavy (non-hydrogen) atoms. The van der Waals surface area contributed by atoms with Gasteiger partial charge in [0.15, 0.2) is 0 Å². The van der Waals surface area contributed by atoms with E-state index in [1.54, 1.807) is 37.5 Å². The van der Waals surface area contributed by atoms with Crippen molar-refractivity contribution in [2.24, 2.45) is 0 Å². The SMILES string of the molecule is C#Cc1ccc(-c2cn(CCC[Si]34O[Si]5(CCCn6cc(-c7ccc(C#C)cc7)nn6)O[Si]6(CCCn7cc(-c8ccc(C#C)cc8)nn7)O[Si](CCCn7cc(-c8ccc(C#C)cc8)nn7)(O3)O[Si]3(CCCn7cc(-c8ccc(C#C)cc8)nn7)O[Si](CCCn7cc(-c8ccc(C#C)cc8)nn7)(O4)O[Si](CCCn4cc(-c7ccc(C#C)cc7)nn4)(O5)O[Si](CCCn4cc(-c5ccc(C#C)cc5)nn4)(O6)O3)nn2)cc1. The standard InChI is InChI=1S/C104H96N24O12Si8/c1-9-81-25-41-89(42-26-81)97-73-121(113-105-97)57-17-65-141-129-142(66-18-58-122-74-98(106-114-122)90-43-27-82(10-2)28-44-90)132-145(69-21-61-125-77-101(109-117-125)93-49-33-85(13-5)34-50-93)134-143(130-141,67-19-59-123-75-99(107-115-123)91-45-29-83(11-3)30-46-91)136-147(71-23-63-127-79-103(111-119-127)95-53-37-87(15-7)38-54-95)137-144(131-141,68-20-60-124-76-100(108-116-124)92-47-31-84(12-4)32-48-92)135-146(133-142,70-22-62-126-78-102(110-118-126)94-51-35-86(14-6)36-52-94)139-148(138-145,140-147)72-24-64-128-80-104(112-120-128)96-55-39-88(16-8)40-56-96/h1-8,25-56,73-80H,17-24,57-72H2. The van der Waals surface area contributed by atoms with E-state index < -0.39 is 70.4 Å². The highest BCUT2D eigenvalue weighted by atomic mass is 28.6. The van der Waals surface area contributed by atoms with Crippen LogP contribution in [0.2, 0.25) is 48.4 Å². The molecule has 6 aliphatic rings. The van der Waals surface area contributed by atoms with Crippen molar-refractivity contribution in [1.82, 2.24) is 120 Å². The average molecular weight is 2100 g/mol. The van der Waals surface area contributed by atoms with Gasteiger partial charge in [0.05, 0.1) is 49.6 Å². The molecule has 16 aromatic rings. The Labute approximate surface area is 863 Å². The minimum absolute atomic E-state index is 0.00357. The van der Waals surface area contributed by atoms with Gasteiger partial charge >= 0.3 is 70.4 Å². The van der Waals surface area contributed by atoms with Crippen molar-refractivity contribution < 1.29 is 49.4 Å². The zero-order valence-electron chi connectivity index (χ0n) is 80.3. The Hall–Kier alpha value is -15.4. The van der Waals surface area contributed by atoms with Gasteiger partial charge in [-0.1, -0.05) is 186 Å². The fourth-order valence-electron chi connectivity index (χ4n) is 18.4. The molecule has 0 unspecified atom stereocenters. The summed E-state index contributed by atoms with van der Waals surface area (Å²) in [6.07, 6.45) is 64.1. The van der Waals surface area contributed by atoms with Gasteiger partial charge in [0.1, 0.15) is 45.6 Å². The summed E-state index contributed by atoms with van der Waals surface area (Å²) < 4.78 is 118. The first-order valence-corrected chi connectivity index (χ1v) is 64.0. The monoisotopic (exact) mass is 2100 g/mol. The largest absolute Gasteiger partial charge is 0.478 e. The molecule has 8 aromatic heterocycles. The maximum atomic E-state index is 8.68. The predicted molar refractivity (Wildman–Crippen MR) is 562 cm³/mol. The van der Waals surface area contributed by atoms with Gasteiger partial charge in [0.2, 0.25) is 0 Å². The number of aryl methyl sites for hydroxylation is 8. The van der Waals surface area contributed by atoms with Crippen LogP contribution in [0.4, 0.5) is 0 Å². The van der Waals surface area contributed by atoms with Crippen LogP contribution in [-0.4, -0.2) is 190 Å². The quantitative estimate of drug-likeness (QED) is 0.0254. The van der Waals surface area contributed by atoms with Gasteiger partial charge in [0.25, 0.3) is 0 Å². The molecule has 0 radical (unpaired) electrons. The molecule has 6 fully saturated rings. The van der Waals surface area contributed by atoms with Gasteiger partial charge in [-0.25, -0.2) is 0 Å². The fourth-order valence-corrected chi connectivity index (χ4v) is 68.7. The summed E-state index contributed by atoms with van der Waals surface area (Å²) in [6, 6.07) is 60.6. The molecule has 0 aliphatic carbocycles. The molecule has 0 N–H and O–H groups in total. The second kappa shape index (κ2) is 43.0. The third kappa shape index (κ3) is 22.5. The zero-order chi connectivity index (χ0) is 101. The number of benzene rings is 8. The summed E-state index contributed by atoms with van der Waals surface area (Å²) in [6.45, 7) is 1.88. The maximum absolute atomic E-state index is 8.68. The van der Waals surface area contributed by atoms with Crippen LogP contribution >= 0.6 is 0 Å². The smallest absolute Gasteiger partial charge is 0.373 e. The molecule has 6 aliphatic heterocycles. The van der Waals surface area contributed by atoms with Crippen molar-refractivity contribution in [3.63, 3.8) is 0 Å². The van der Waals surface area contributed by atoms with Crippen molar-refractivity contribution in [3.8, 4) is 189 Å². The van der Waals surface area contributed by atoms with E-state index in [9.17, 15) is 0 Å². The second-order valence-corrected chi connectivity index (χ2v) is 61.0. The van der Waals surface area contributed by atoms with Gasteiger partial charge in [-0.3, -0.25) is 37.5 Å². The Morgan fingerprint density at radius 2 is 0.264 bits per heavy atom. The minimum Gasteiger partial charge on any atom is -0.373 e. The normalized spacial score (nSPS) is 21.5. The second-order valence-electron chi connectivity index (χ2n) is 36.2. The number of hydrogen-bond acceptors (Lipinski definition) is 28. The van der Waals surface area contributed by atoms with E-state index in [4.69, 9.17) is 183 Å². The lowest BCUT2D eigenvalue weighted by Gasteiger charge is -2.63. The molecule has 0 amide bonds. The zero-order valence-corrected chi connectivity index (χ0v) is 88.3. The van der Waals surface area contributed by atoms with E-state index in [0.717, 1.165) is 44.5 Å². The first kappa shape index (κ1) is 98.6. The van der Waals surface area contributed by atoms with Crippen LogP contribution in [0.25, 0.3) is 90.1 Å². The van der Waals surface area contributed by atoms with Crippen LogP contribution in [0.1, 0.15) is 95.9 Å². The number of aromatic nitrogens is 24. The van der Waals surface area contributed by atoms with Crippen molar-refractivity contribution in [2.75, 3.05) is 0 Å². The molecule has 8 bridgehead atoms. The summed E-state index contributed by atoms with van der Waals surface area (Å²) in [5.74, 6) is 21.8. The van der Waals surface area contributed by atoms with Crippen LogP contribution in [-0.2, 0) is 102 Å². The molecule has 0 atom stereocenters. The van der Waals surface area contributed by atoms with Crippen molar-refractivity contribution in [3.05, 3.63) is 288 Å². The number of hydrogen-bond donors (Lipinski definition) is 0. The predicted octanol–water partition coefficient (Wildman–Crippen LogP) is 14.4. The van der Waals surface area contributed by atoms with Crippen LogP contribution in [0, 0.1) is 98.8 Å². The summed E-state index contributed by atoms with van der Waals surface area (Å²) in [5, 5.41) is 75.8. The third-order valence-corrected chi connectivity index (χ3v) is 63.4. The fraction of sp³-hybridized carbons (Fsp3) is 0.231. The molecular weight excluding hydrogens is 2000 g/mol. The van der Waals surface area contributed by atoms with E-state index in [2.05, 4.69) is 47.4 Å². The summed E-state index contributed by atoms with van der Waals surface area (Å²) in [4.78, 5) is 0. The van der Waals surface area contributed by atoms with Crippen LogP contribution in [0.5, 0.6) is 0 Å². The topological polar surface area (TPSA) is 356 Å². The van der Waals surface area contributed by atoms with Gasteiger partial charge in [-0.2, -0.15) is 0 Å². The van der Waals surface area contributed by atoms with E-state index in [-0.39, 0.29) is 152 Å². The molecule has 14 heterocycles. The first-order chi connectivity index (χ1) is 72.3. The van der Waals surface area contributed by atoms with E-state index in [1.807, 2.05) is 244 Å².